The highest BCUT2D eigenvalue weighted by molar-refractivity contribution is 5.81. The molecule has 0 aromatic rings. The minimum Gasteiger partial charge on any atom is -0.356 e. The monoisotopic (exact) mass is 295 g/mol. The number of carbonyl (C=O) groups excluding carboxylic acids is 2. The van der Waals surface area contributed by atoms with Crippen LogP contribution in [0.1, 0.15) is 45.4 Å². The highest BCUT2D eigenvalue weighted by atomic mass is 16.2. The molecule has 2 fully saturated rings. The highest BCUT2D eigenvalue weighted by Crippen LogP contribution is 2.21. The van der Waals surface area contributed by atoms with Gasteiger partial charge < -0.3 is 15.5 Å². The molecule has 2 heterocycles. The Morgan fingerprint density at radius 3 is 2.57 bits per heavy atom. The Bertz CT molecular complexity index is 345. The first-order valence-corrected chi connectivity index (χ1v) is 8.49. The molecule has 2 amide bonds. The van der Waals surface area contributed by atoms with E-state index in [1.54, 1.807) is 0 Å². The number of rotatable bonds is 5. The van der Waals surface area contributed by atoms with Crippen molar-refractivity contribution in [3.05, 3.63) is 0 Å². The van der Waals surface area contributed by atoms with Crippen molar-refractivity contribution in [2.75, 3.05) is 32.7 Å². The van der Waals surface area contributed by atoms with Crippen LogP contribution in [0.2, 0.25) is 0 Å². The summed E-state index contributed by atoms with van der Waals surface area (Å²) < 4.78 is 0. The molecule has 1 atom stereocenters. The number of carbonyl (C=O) groups is 2. The molecule has 0 radical (unpaired) electrons. The molecule has 0 aromatic heterocycles. The lowest BCUT2D eigenvalue weighted by molar-refractivity contribution is -0.139. The summed E-state index contributed by atoms with van der Waals surface area (Å²) in [6.45, 7) is 6.22. The largest absolute Gasteiger partial charge is 0.356 e. The Kier molecular flexibility index (Phi) is 6.49. The zero-order valence-electron chi connectivity index (χ0n) is 13.2. The van der Waals surface area contributed by atoms with E-state index in [0.29, 0.717) is 0 Å². The highest BCUT2D eigenvalue weighted by Gasteiger charge is 2.31. The first-order valence-electron chi connectivity index (χ1n) is 8.49. The summed E-state index contributed by atoms with van der Waals surface area (Å²) in [6.07, 6.45) is 5.85. The van der Waals surface area contributed by atoms with E-state index in [1.807, 2.05) is 4.90 Å². The van der Waals surface area contributed by atoms with Gasteiger partial charge in [-0.15, -0.1) is 0 Å². The van der Waals surface area contributed by atoms with Gasteiger partial charge in [-0.2, -0.15) is 0 Å². The molecule has 2 rings (SSSR count). The van der Waals surface area contributed by atoms with Gasteiger partial charge in [0.1, 0.15) is 0 Å². The Balaban J connectivity index is 1.72. The number of hydrogen-bond acceptors (Lipinski definition) is 3. The van der Waals surface area contributed by atoms with Crippen LogP contribution in [0, 0.1) is 11.8 Å². The second kappa shape index (κ2) is 8.37. The van der Waals surface area contributed by atoms with Crippen LogP contribution >= 0.6 is 0 Å². The van der Waals surface area contributed by atoms with E-state index < -0.39 is 0 Å². The van der Waals surface area contributed by atoms with E-state index in [1.165, 1.54) is 0 Å². The SMILES string of the molecule is CCCCNC(=O)C1CCN(C(=O)[C@H]2CCCNC2)CC1. The second-order valence-electron chi connectivity index (χ2n) is 6.29. The van der Waals surface area contributed by atoms with Crippen LogP contribution < -0.4 is 10.6 Å². The van der Waals surface area contributed by atoms with Gasteiger partial charge in [0.05, 0.1) is 5.92 Å². The number of hydrogen-bond donors (Lipinski definition) is 2. The fourth-order valence-electron chi connectivity index (χ4n) is 3.22. The maximum atomic E-state index is 12.4. The first kappa shape index (κ1) is 16.3. The summed E-state index contributed by atoms with van der Waals surface area (Å²) in [5.41, 5.74) is 0. The van der Waals surface area contributed by atoms with Crippen LogP contribution in [0.3, 0.4) is 0 Å². The predicted molar refractivity (Wildman–Crippen MR) is 82.8 cm³/mol. The molecule has 21 heavy (non-hydrogen) atoms. The van der Waals surface area contributed by atoms with Crippen molar-refractivity contribution in [2.24, 2.45) is 11.8 Å². The van der Waals surface area contributed by atoms with Crippen molar-refractivity contribution in [1.82, 2.24) is 15.5 Å². The zero-order valence-corrected chi connectivity index (χ0v) is 13.2. The Morgan fingerprint density at radius 2 is 1.95 bits per heavy atom. The van der Waals surface area contributed by atoms with Crippen molar-refractivity contribution in [2.45, 2.75) is 45.4 Å². The fourth-order valence-corrected chi connectivity index (χ4v) is 3.22. The van der Waals surface area contributed by atoms with Gasteiger partial charge in [-0.3, -0.25) is 9.59 Å². The molecule has 2 aliphatic heterocycles. The minimum absolute atomic E-state index is 0.0930. The number of unbranched alkanes of at least 4 members (excludes halogenated alkanes) is 1. The molecular formula is C16H29N3O2. The molecule has 0 spiro atoms. The lowest BCUT2D eigenvalue weighted by atomic mass is 9.93. The lowest BCUT2D eigenvalue weighted by Gasteiger charge is -2.34. The summed E-state index contributed by atoms with van der Waals surface area (Å²) in [6, 6.07) is 0. The van der Waals surface area contributed by atoms with Gasteiger partial charge in [0, 0.05) is 32.1 Å². The van der Waals surface area contributed by atoms with Gasteiger partial charge >= 0.3 is 0 Å². The van der Waals surface area contributed by atoms with E-state index in [2.05, 4.69) is 17.6 Å². The van der Waals surface area contributed by atoms with Gasteiger partial charge in [0.25, 0.3) is 0 Å². The summed E-state index contributed by atoms with van der Waals surface area (Å²) in [5, 5.41) is 6.31. The van der Waals surface area contributed by atoms with E-state index in [-0.39, 0.29) is 23.7 Å². The number of amides is 2. The number of nitrogens with zero attached hydrogens (tertiary/aromatic N) is 1. The summed E-state index contributed by atoms with van der Waals surface area (Å²) in [5.74, 6) is 0.700. The van der Waals surface area contributed by atoms with Crippen LogP contribution in [-0.2, 0) is 9.59 Å². The predicted octanol–water partition coefficient (Wildman–Crippen LogP) is 1.14. The molecule has 0 aliphatic carbocycles. The van der Waals surface area contributed by atoms with Crippen molar-refractivity contribution in [3.63, 3.8) is 0 Å². The van der Waals surface area contributed by atoms with Crippen LogP contribution in [0.4, 0.5) is 0 Å². The first-order chi connectivity index (χ1) is 10.2. The quantitative estimate of drug-likeness (QED) is 0.748. The minimum atomic E-state index is 0.0930. The van der Waals surface area contributed by atoms with E-state index >= 15 is 0 Å². The molecule has 2 saturated heterocycles. The summed E-state index contributed by atoms with van der Waals surface area (Å²) in [4.78, 5) is 26.4. The maximum absolute atomic E-state index is 12.4. The molecule has 5 nitrogen and oxygen atoms in total. The van der Waals surface area contributed by atoms with Crippen LogP contribution in [0.15, 0.2) is 0 Å². The Hall–Kier alpha value is -1.10. The van der Waals surface area contributed by atoms with Crippen LogP contribution in [-0.4, -0.2) is 49.4 Å². The summed E-state index contributed by atoms with van der Waals surface area (Å²) in [7, 11) is 0. The fraction of sp³-hybridized carbons (Fsp3) is 0.875. The maximum Gasteiger partial charge on any atom is 0.226 e. The van der Waals surface area contributed by atoms with Gasteiger partial charge in [-0.25, -0.2) is 0 Å². The second-order valence-corrected chi connectivity index (χ2v) is 6.29. The van der Waals surface area contributed by atoms with Gasteiger partial charge in [0.15, 0.2) is 0 Å². The number of nitrogens with one attached hydrogen (secondary N) is 2. The van der Waals surface area contributed by atoms with Crippen molar-refractivity contribution in [3.8, 4) is 0 Å². The third kappa shape index (κ3) is 4.70. The molecule has 0 aromatic carbocycles. The zero-order chi connectivity index (χ0) is 15.1. The van der Waals surface area contributed by atoms with E-state index in [0.717, 1.165) is 71.2 Å². The van der Waals surface area contributed by atoms with E-state index in [4.69, 9.17) is 0 Å². The number of likely N-dealkylation sites (tertiary alicyclic amines) is 1. The topological polar surface area (TPSA) is 61.4 Å². The number of piperidine rings is 2. The van der Waals surface area contributed by atoms with Crippen molar-refractivity contribution in [1.29, 1.82) is 0 Å². The molecule has 0 bridgehead atoms. The van der Waals surface area contributed by atoms with Gasteiger partial charge in [0.2, 0.25) is 11.8 Å². The summed E-state index contributed by atoms with van der Waals surface area (Å²) >= 11 is 0. The van der Waals surface area contributed by atoms with E-state index in [9.17, 15) is 9.59 Å². The standard InChI is InChI=1S/C16H29N3O2/c1-2-3-9-18-15(20)13-6-10-19(11-7-13)16(21)14-5-4-8-17-12-14/h13-14,17H,2-12H2,1H3,(H,18,20)/t14-/m0/s1. The van der Waals surface area contributed by atoms with Gasteiger partial charge in [-0.1, -0.05) is 13.3 Å². The third-order valence-corrected chi connectivity index (χ3v) is 4.65. The van der Waals surface area contributed by atoms with Crippen molar-refractivity contribution < 1.29 is 9.59 Å². The Morgan fingerprint density at radius 1 is 1.19 bits per heavy atom. The van der Waals surface area contributed by atoms with Crippen LogP contribution in [0.5, 0.6) is 0 Å². The molecule has 2 N–H and O–H groups in total. The lowest BCUT2D eigenvalue weighted by Crippen LogP contribution is -2.47. The molecule has 5 heteroatoms. The molecule has 2 aliphatic rings. The Labute approximate surface area is 127 Å². The van der Waals surface area contributed by atoms with Crippen molar-refractivity contribution >= 4 is 11.8 Å². The third-order valence-electron chi connectivity index (χ3n) is 4.65. The van der Waals surface area contributed by atoms with Crippen LogP contribution in [0.25, 0.3) is 0 Å². The smallest absolute Gasteiger partial charge is 0.226 e. The molecular weight excluding hydrogens is 266 g/mol. The average molecular weight is 295 g/mol. The molecule has 0 unspecified atom stereocenters. The average Bonchev–Trinajstić information content (AvgIpc) is 2.55. The molecule has 0 saturated carbocycles. The van der Waals surface area contributed by atoms with Gasteiger partial charge in [-0.05, 0) is 38.6 Å². The molecule has 120 valence electrons. The normalized spacial score (nSPS) is 23.9.